The van der Waals surface area contributed by atoms with Crippen molar-refractivity contribution in [2.45, 2.75) is 33.1 Å². The van der Waals surface area contributed by atoms with Crippen LogP contribution in [-0.2, 0) is 18.3 Å². The minimum Gasteiger partial charge on any atom is -0.341 e. The van der Waals surface area contributed by atoms with Gasteiger partial charge in [-0.25, -0.2) is 0 Å². The molecule has 5 heteroatoms. The number of rotatable bonds is 3. The van der Waals surface area contributed by atoms with Crippen LogP contribution in [0.2, 0.25) is 0 Å². The zero-order valence-electron chi connectivity index (χ0n) is 12.2. The summed E-state index contributed by atoms with van der Waals surface area (Å²) >= 11 is 0. The molecule has 5 nitrogen and oxygen atoms in total. The fraction of sp³-hybridized carbons (Fsp3) is 0.714. The molecule has 0 unspecified atom stereocenters. The van der Waals surface area contributed by atoms with Gasteiger partial charge in [0.1, 0.15) is 0 Å². The number of carbonyl (C=O) groups is 1. The van der Waals surface area contributed by atoms with E-state index in [1.807, 2.05) is 23.6 Å². The van der Waals surface area contributed by atoms with E-state index in [1.54, 1.807) is 0 Å². The lowest BCUT2D eigenvalue weighted by molar-refractivity contribution is -0.130. The number of amides is 1. The van der Waals surface area contributed by atoms with E-state index >= 15 is 0 Å². The summed E-state index contributed by atoms with van der Waals surface area (Å²) in [6.45, 7) is 7.74. The van der Waals surface area contributed by atoms with Crippen LogP contribution in [-0.4, -0.2) is 46.8 Å². The average molecular weight is 264 g/mol. The molecule has 19 heavy (non-hydrogen) atoms. The van der Waals surface area contributed by atoms with Gasteiger partial charge in [-0.15, -0.1) is 0 Å². The van der Waals surface area contributed by atoms with Gasteiger partial charge in [0, 0.05) is 38.8 Å². The highest BCUT2D eigenvalue weighted by atomic mass is 16.2. The van der Waals surface area contributed by atoms with E-state index in [2.05, 4.69) is 17.3 Å². The van der Waals surface area contributed by atoms with Gasteiger partial charge in [-0.05, 0) is 38.8 Å². The number of aryl methyl sites for hydroxylation is 2. The second-order valence-corrected chi connectivity index (χ2v) is 5.26. The van der Waals surface area contributed by atoms with Crippen molar-refractivity contribution < 1.29 is 4.79 Å². The van der Waals surface area contributed by atoms with E-state index in [-0.39, 0.29) is 5.91 Å². The minimum absolute atomic E-state index is 0.270. The van der Waals surface area contributed by atoms with Gasteiger partial charge in [0.15, 0.2) is 0 Å². The van der Waals surface area contributed by atoms with E-state index in [0.717, 1.165) is 44.7 Å². The zero-order valence-corrected chi connectivity index (χ0v) is 12.2. The van der Waals surface area contributed by atoms with Gasteiger partial charge in [0.25, 0.3) is 0 Å². The number of nitrogens with one attached hydrogen (secondary N) is 1. The number of nitrogens with zero attached hydrogens (tertiary/aromatic N) is 3. The van der Waals surface area contributed by atoms with Crippen molar-refractivity contribution in [1.29, 1.82) is 0 Å². The second-order valence-electron chi connectivity index (χ2n) is 5.26. The Hall–Kier alpha value is -1.36. The molecular weight excluding hydrogens is 240 g/mol. The summed E-state index contributed by atoms with van der Waals surface area (Å²) < 4.78 is 1.89. The van der Waals surface area contributed by atoms with Gasteiger partial charge in [0.05, 0.1) is 5.69 Å². The highest BCUT2D eigenvalue weighted by Gasteiger charge is 2.17. The standard InChI is InChI=1S/C14H24N4O/c1-11-13(12(2)17(3)16-11)5-6-14(19)18-9-4-7-15-8-10-18/h15H,4-10H2,1-3H3. The van der Waals surface area contributed by atoms with Gasteiger partial charge in [-0.3, -0.25) is 9.48 Å². The summed E-state index contributed by atoms with van der Waals surface area (Å²) in [5.41, 5.74) is 3.44. The van der Waals surface area contributed by atoms with Crippen molar-refractivity contribution in [3.63, 3.8) is 0 Å². The van der Waals surface area contributed by atoms with E-state index in [0.29, 0.717) is 6.42 Å². The zero-order chi connectivity index (χ0) is 13.8. The summed E-state index contributed by atoms with van der Waals surface area (Å²) in [5.74, 6) is 0.270. The SMILES string of the molecule is Cc1nn(C)c(C)c1CCC(=O)N1CCCNCC1. The van der Waals surface area contributed by atoms with Gasteiger partial charge < -0.3 is 10.2 Å². The van der Waals surface area contributed by atoms with E-state index in [9.17, 15) is 4.79 Å². The Morgan fingerprint density at radius 3 is 2.79 bits per heavy atom. The van der Waals surface area contributed by atoms with Crippen LogP contribution in [0, 0.1) is 13.8 Å². The molecule has 106 valence electrons. The summed E-state index contributed by atoms with van der Waals surface area (Å²) in [4.78, 5) is 14.2. The highest BCUT2D eigenvalue weighted by Crippen LogP contribution is 2.14. The molecule has 0 aliphatic carbocycles. The first-order valence-electron chi connectivity index (χ1n) is 7.07. The molecule has 0 spiro atoms. The monoisotopic (exact) mass is 264 g/mol. The minimum atomic E-state index is 0.270. The Labute approximate surface area is 115 Å². The topological polar surface area (TPSA) is 50.2 Å². The van der Waals surface area contributed by atoms with Crippen molar-refractivity contribution in [3.8, 4) is 0 Å². The lowest BCUT2D eigenvalue weighted by Crippen LogP contribution is -2.34. The number of hydrogen-bond donors (Lipinski definition) is 1. The summed E-state index contributed by atoms with van der Waals surface area (Å²) in [6.07, 6.45) is 2.44. The van der Waals surface area contributed by atoms with E-state index in [4.69, 9.17) is 0 Å². The molecule has 1 aliphatic rings. The average Bonchev–Trinajstić information content (AvgIpc) is 2.62. The van der Waals surface area contributed by atoms with E-state index < -0.39 is 0 Å². The molecule has 0 saturated carbocycles. The first-order chi connectivity index (χ1) is 9.09. The molecule has 1 aromatic rings. The predicted molar refractivity (Wildman–Crippen MR) is 75.1 cm³/mol. The smallest absolute Gasteiger partial charge is 0.222 e. The normalized spacial score (nSPS) is 16.5. The fourth-order valence-corrected chi connectivity index (χ4v) is 2.66. The van der Waals surface area contributed by atoms with E-state index in [1.165, 1.54) is 11.3 Å². The van der Waals surface area contributed by atoms with Gasteiger partial charge in [-0.2, -0.15) is 5.10 Å². The summed E-state index contributed by atoms with van der Waals surface area (Å²) in [6, 6.07) is 0. The first kappa shape index (κ1) is 14.1. The Kier molecular flexibility index (Phi) is 4.58. The van der Waals surface area contributed by atoms with Crippen molar-refractivity contribution in [1.82, 2.24) is 20.0 Å². The van der Waals surface area contributed by atoms with Crippen LogP contribution in [0.1, 0.15) is 29.8 Å². The molecule has 0 bridgehead atoms. The van der Waals surface area contributed by atoms with Crippen molar-refractivity contribution in [3.05, 3.63) is 17.0 Å². The third-order valence-corrected chi connectivity index (χ3v) is 3.94. The van der Waals surface area contributed by atoms with Crippen molar-refractivity contribution in [2.24, 2.45) is 7.05 Å². The molecule has 0 atom stereocenters. The molecule has 2 heterocycles. The number of aromatic nitrogens is 2. The van der Waals surface area contributed by atoms with Crippen LogP contribution in [0.25, 0.3) is 0 Å². The number of hydrogen-bond acceptors (Lipinski definition) is 3. The Morgan fingerprint density at radius 2 is 2.11 bits per heavy atom. The largest absolute Gasteiger partial charge is 0.341 e. The molecule has 1 saturated heterocycles. The van der Waals surface area contributed by atoms with Crippen LogP contribution in [0.3, 0.4) is 0 Å². The maximum Gasteiger partial charge on any atom is 0.222 e. The second kappa shape index (κ2) is 6.19. The summed E-state index contributed by atoms with van der Waals surface area (Å²) in [5, 5.41) is 7.72. The molecular formula is C14H24N4O. The maximum absolute atomic E-state index is 12.2. The van der Waals surface area contributed by atoms with Gasteiger partial charge >= 0.3 is 0 Å². The Balaban J connectivity index is 1.92. The number of carbonyl (C=O) groups excluding carboxylic acids is 1. The molecule has 1 aliphatic heterocycles. The predicted octanol–water partition coefficient (Wildman–Crippen LogP) is 0.791. The van der Waals surface area contributed by atoms with Crippen molar-refractivity contribution >= 4 is 5.91 Å². The lowest BCUT2D eigenvalue weighted by atomic mass is 10.1. The molecule has 0 radical (unpaired) electrons. The Bertz CT molecular complexity index is 445. The van der Waals surface area contributed by atoms with Crippen molar-refractivity contribution in [2.75, 3.05) is 26.2 Å². The highest BCUT2D eigenvalue weighted by molar-refractivity contribution is 5.76. The fourth-order valence-electron chi connectivity index (χ4n) is 2.66. The van der Waals surface area contributed by atoms with Crippen LogP contribution >= 0.6 is 0 Å². The molecule has 0 aromatic carbocycles. The third kappa shape index (κ3) is 3.35. The van der Waals surface area contributed by atoms with Gasteiger partial charge in [0.2, 0.25) is 5.91 Å². The Morgan fingerprint density at radius 1 is 1.32 bits per heavy atom. The van der Waals surface area contributed by atoms with Crippen LogP contribution in [0.4, 0.5) is 0 Å². The lowest BCUT2D eigenvalue weighted by Gasteiger charge is -2.19. The molecule has 1 fully saturated rings. The molecule has 2 rings (SSSR count). The molecule has 1 N–H and O–H groups in total. The maximum atomic E-state index is 12.2. The summed E-state index contributed by atoms with van der Waals surface area (Å²) in [7, 11) is 1.95. The molecule has 1 amide bonds. The quantitative estimate of drug-likeness (QED) is 0.878. The van der Waals surface area contributed by atoms with Gasteiger partial charge in [-0.1, -0.05) is 0 Å². The third-order valence-electron chi connectivity index (χ3n) is 3.94. The van der Waals surface area contributed by atoms with Crippen LogP contribution in [0.5, 0.6) is 0 Å². The van der Waals surface area contributed by atoms with Crippen LogP contribution in [0.15, 0.2) is 0 Å². The van der Waals surface area contributed by atoms with Crippen LogP contribution < -0.4 is 5.32 Å². The first-order valence-corrected chi connectivity index (χ1v) is 7.07. The molecule has 1 aromatic heterocycles.